The molecule has 1 heterocycles. The third kappa shape index (κ3) is 4.34. The standard InChI is InChI=1S/C27H28N2O4/c1-4-33-20-14-12-19(13-15-20)24-23(26(31)27(32)29(24)17-16-28(2)3)25(30)22-11-7-9-18-8-5-6-10-21(18)22/h5-15,24,30H,4,16-17H2,1-3H3/b25-23-. The predicted molar refractivity (Wildman–Crippen MR) is 129 cm³/mol. The van der Waals surface area contributed by atoms with Gasteiger partial charge < -0.3 is 19.6 Å². The van der Waals surface area contributed by atoms with Gasteiger partial charge in [0.05, 0.1) is 18.2 Å². The number of hydrogen-bond donors (Lipinski definition) is 1. The molecule has 0 saturated carbocycles. The number of fused-ring (bicyclic) bond motifs is 1. The van der Waals surface area contributed by atoms with E-state index < -0.39 is 17.7 Å². The largest absolute Gasteiger partial charge is 0.507 e. The fourth-order valence-corrected chi connectivity index (χ4v) is 4.25. The fourth-order valence-electron chi connectivity index (χ4n) is 4.25. The number of aliphatic hydroxyl groups is 1. The molecule has 0 radical (unpaired) electrons. The van der Waals surface area contributed by atoms with Crippen LogP contribution in [-0.2, 0) is 9.59 Å². The molecule has 3 aromatic rings. The van der Waals surface area contributed by atoms with Gasteiger partial charge in [-0.05, 0) is 49.5 Å². The maximum absolute atomic E-state index is 13.2. The Morgan fingerprint density at radius 2 is 1.70 bits per heavy atom. The molecule has 0 aromatic heterocycles. The van der Waals surface area contributed by atoms with Gasteiger partial charge in [-0.15, -0.1) is 0 Å². The fraction of sp³-hybridized carbons (Fsp3) is 0.259. The Morgan fingerprint density at radius 3 is 2.39 bits per heavy atom. The van der Waals surface area contributed by atoms with E-state index in [9.17, 15) is 14.7 Å². The topological polar surface area (TPSA) is 70.1 Å². The molecule has 1 N–H and O–H groups in total. The van der Waals surface area contributed by atoms with E-state index in [-0.39, 0.29) is 11.3 Å². The molecule has 0 bridgehead atoms. The molecule has 1 saturated heterocycles. The molecule has 1 aliphatic rings. The molecule has 170 valence electrons. The monoisotopic (exact) mass is 444 g/mol. The van der Waals surface area contributed by atoms with Crippen LogP contribution in [-0.4, -0.2) is 60.4 Å². The van der Waals surface area contributed by atoms with Crippen LogP contribution in [0.25, 0.3) is 16.5 Å². The number of carbonyl (C=O) groups is 2. The van der Waals surface area contributed by atoms with Gasteiger partial charge in [-0.25, -0.2) is 0 Å². The average Bonchev–Trinajstić information content (AvgIpc) is 3.07. The first-order valence-corrected chi connectivity index (χ1v) is 11.1. The Kier molecular flexibility index (Phi) is 6.47. The molecular weight excluding hydrogens is 416 g/mol. The third-order valence-electron chi connectivity index (χ3n) is 5.88. The zero-order chi connectivity index (χ0) is 23.5. The normalized spacial score (nSPS) is 17.8. The van der Waals surface area contributed by atoms with Gasteiger partial charge in [0.2, 0.25) is 0 Å². The first-order chi connectivity index (χ1) is 15.9. The minimum atomic E-state index is -0.681. The van der Waals surface area contributed by atoms with E-state index in [2.05, 4.69) is 0 Å². The number of likely N-dealkylation sites (N-methyl/N-ethyl adjacent to an activating group) is 1. The summed E-state index contributed by atoms with van der Waals surface area (Å²) in [6.45, 7) is 3.41. The summed E-state index contributed by atoms with van der Waals surface area (Å²) in [5.74, 6) is -0.715. The summed E-state index contributed by atoms with van der Waals surface area (Å²) in [4.78, 5) is 29.8. The molecule has 0 spiro atoms. The van der Waals surface area contributed by atoms with Crippen LogP contribution < -0.4 is 4.74 Å². The van der Waals surface area contributed by atoms with Crippen molar-refractivity contribution in [2.75, 3.05) is 33.8 Å². The van der Waals surface area contributed by atoms with Crippen molar-refractivity contribution in [1.29, 1.82) is 0 Å². The number of carbonyl (C=O) groups excluding carboxylic acids is 2. The number of nitrogens with zero attached hydrogens (tertiary/aromatic N) is 2. The number of Topliss-reactive ketones (excluding diaryl/α,β-unsaturated/α-hetero) is 1. The summed E-state index contributed by atoms with van der Waals surface area (Å²) in [6, 6.07) is 19.9. The van der Waals surface area contributed by atoms with Crippen molar-refractivity contribution in [2.45, 2.75) is 13.0 Å². The summed E-state index contributed by atoms with van der Waals surface area (Å²) < 4.78 is 5.55. The summed E-state index contributed by atoms with van der Waals surface area (Å²) in [5, 5.41) is 13.2. The van der Waals surface area contributed by atoms with Gasteiger partial charge in [0.1, 0.15) is 11.5 Å². The number of hydrogen-bond acceptors (Lipinski definition) is 5. The number of amides is 1. The van der Waals surface area contributed by atoms with Gasteiger partial charge >= 0.3 is 0 Å². The maximum Gasteiger partial charge on any atom is 0.295 e. The highest BCUT2D eigenvalue weighted by molar-refractivity contribution is 6.46. The SMILES string of the molecule is CCOc1ccc(C2/C(=C(/O)c3cccc4ccccc34)C(=O)C(=O)N2CCN(C)C)cc1. The Hall–Kier alpha value is -3.64. The van der Waals surface area contributed by atoms with Crippen molar-refractivity contribution in [1.82, 2.24) is 9.80 Å². The summed E-state index contributed by atoms with van der Waals surface area (Å²) >= 11 is 0. The third-order valence-corrected chi connectivity index (χ3v) is 5.88. The second kappa shape index (κ2) is 9.46. The van der Waals surface area contributed by atoms with Crippen LogP contribution in [0, 0.1) is 0 Å². The maximum atomic E-state index is 13.2. The van der Waals surface area contributed by atoms with E-state index in [0.717, 1.165) is 16.3 Å². The summed E-state index contributed by atoms with van der Waals surface area (Å²) in [6.07, 6.45) is 0. The minimum absolute atomic E-state index is 0.110. The molecule has 1 aliphatic heterocycles. The Bertz CT molecular complexity index is 1210. The highest BCUT2D eigenvalue weighted by Crippen LogP contribution is 2.40. The van der Waals surface area contributed by atoms with Crippen molar-refractivity contribution in [3.8, 4) is 5.75 Å². The Morgan fingerprint density at radius 1 is 1.00 bits per heavy atom. The first-order valence-electron chi connectivity index (χ1n) is 11.1. The van der Waals surface area contributed by atoms with Gasteiger partial charge in [0.15, 0.2) is 0 Å². The van der Waals surface area contributed by atoms with Gasteiger partial charge in [0.25, 0.3) is 11.7 Å². The lowest BCUT2D eigenvalue weighted by molar-refractivity contribution is -0.140. The van der Waals surface area contributed by atoms with Crippen molar-refractivity contribution in [2.24, 2.45) is 0 Å². The lowest BCUT2D eigenvalue weighted by atomic mass is 9.93. The lowest BCUT2D eigenvalue weighted by Crippen LogP contribution is -2.35. The van der Waals surface area contributed by atoms with E-state index in [0.29, 0.717) is 31.0 Å². The highest BCUT2D eigenvalue weighted by atomic mass is 16.5. The molecule has 1 amide bonds. The van der Waals surface area contributed by atoms with Crippen molar-refractivity contribution >= 4 is 28.2 Å². The molecule has 3 aromatic carbocycles. The van der Waals surface area contributed by atoms with Crippen LogP contribution in [0.2, 0.25) is 0 Å². The van der Waals surface area contributed by atoms with Gasteiger partial charge in [0, 0.05) is 18.7 Å². The minimum Gasteiger partial charge on any atom is -0.507 e. The van der Waals surface area contributed by atoms with Crippen LogP contribution in [0.1, 0.15) is 24.1 Å². The molecule has 1 atom stereocenters. The first kappa shape index (κ1) is 22.6. The van der Waals surface area contributed by atoms with E-state index in [1.807, 2.05) is 86.6 Å². The van der Waals surface area contributed by atoms with Crippen molar-refractivity contribution < 1.29 is 19.4 Å². The van der Waals surface area contributed by atoms with Crippen LogP contribution in [0.3, 0.4) is 0 Å². The molecule has 0 aliphatic carbocycles. The van der Waals surface area contributed by atoms with Crippen molar-refractivity contribution in [3.05, 3.63) is 83.4 Å². The highest BCUT2D eigenvalue weighted by Gasteiger charge is 2.46. The van der Waals surface area contributed by atoms with Crippen LogP contribution >= 0.6 is 0 Å². The predicted octanol–water partition coefficient (Wildman–Crippen LogP) is 4.22. The summed E-state index contributed by atoms with van der Waals surface area (Å²) in [7, 11) is 3.83. The number of likely N-dealkylation sites (tertiary alicyclic amines) is 1. The number of ketones is 1. The van der Waals surface area contributed by atoms with E-state index >= 15 is 0 Å². The smallest absolute Gasteiger partial charge is 0.295 e. The number of benzene rings is 3. The molecule has 1 fully saturated rings. The second-order valence-corrected chi connectivity index (χ2v) is 8.32. The zero-order valence-corrected chi connectivity index (χ0v) is 19.1. The van der Waals surface area contributed by atoms with Crippen LogP contribution in [0.5, 0.6) is 5.75 Å². The molecular formula is C27H28N2O4. The number of ether oxygens (including phenoxy) is 1. The average molecular weight is 445 g/mol. The van der Waals surface area contributed by atoms with Crippen LogP contribution in [0.4, 0.5) is 0 Å². The second-order valence-electron chi connectivity index (χ2n) is 8.32. The molecule has 4 rings (SSSR count). The van der Waals surface area contributed by atoms with E-state index in [1.54, 1.807) is 11.0 Å². The van der Waals surface area contributed by atoms with Gasteiger partial charge in [-0.1, -0.05) is 54.6 Å². The Balaban J connectivity index is 1.87. The van der Waals surface area contributed by atoms with Crippen LogP contribution in [0.15, 0.2) is 72.3 Å². The molecule has 6 nitrogen and oxygen atoms in total. The molecule has 33 heavy (non-hydrogen) atoms. The Labute approximate surface area is 193 Å². The van der Waals surface area contributed by atoms with Gasteiger partial charge in [-0.3, -0.25) is 9.59 Å². The summed E-state index contributed by atoms with van der Waals surface area (Å²) in [5.41, 5.74) is 1.40. The lowest BCUT2D eigenvalue weighted by Gasteiger charge is -2.26. The molecule has 1 unspecified atom stereocenters. The number of aliphatic hydroxyl groups excluding tert-OH is 1. The van der Waals surface area contributed by atoms with Crippen molar-refractivity contribution in [3.63, 3.8) is 0 Å². The van der Waals surface area contributed by atoms with Gasteiger partial charge in [-0.2, -0.15) is 0 Å². The van der Waals surface area contributed by atoms with E-state index in [1.165, 1.54) is 0 Å². The molecule has 6 heteroatoms. The number of rotatable bonds is 7. The zero-order valence-electron chi connectivity index (χ0n) is 19.1. The van der Waals surface area contributed by atoms with E-state index in [4.69, 9.17) is 4.74 Å². The quantitative estimate of drug-likeness (QED) is 0.336.